The summed E-state index contributed by atoms with van der Waals surface area (Å²) in [6, 6.07) is 8.89. The van der Waals surface area contributed by atoms with E-state index in [4.69, 9.17) is 5.73 Å². The Bertz CT molecular complexity index is 561. The van der Waals surface area contributed by atoms with Gasteiger partial charge >= 0.3 is 0 Å². The highest BCUT2D eigenvalue weighted by molar-refractivity contribution is 5.67. The molecule has 1 atom stereocenters. The molecule has 0 saturated heterocycles. The quantitative estimate of drug-likeness (QED) is 0.808. The minimum Gasteiger partial charge on any atom is -0.324 e. The lowest BCUT2D eigenvalue weighted by atomic mass is 9.98. The van der Waals surface area contributed by atoms with Gasteiger partial charge in [-0.15, -0.1) is 0 Å². The summed E-state index contributed by atoms with van der Waals surface area (Å²) in [5.41, 5.74) is 12.5. The first-order valence-corrected chi connectivity index (χ1v) is 6.05. The summed E-state index contributed by atoms with van der Waals surface area (Å²) in [4.78, 5) is 4.21. The van der Waals surface area contributed by atoms with E-state index < -0.39 is 0 Å². The second-order valence-corrected chi connectivity index (χ2v) is 4.75. The summed E-state index contributed by atoms with van der Waals surface area (Å²) in [6.07, 6.45) is 5.95. The van der Waals surface area contributed by atoms with Crippen molar-refractivity contribution in [2.75, 3.05) is 0 Å². The van der Waals surface area contributed by atoms with Gasteiger partial charge in [0.05, 0.1) is 0 Å². The lowest BCUT2D eigenvalue weighted by Crippen LogP contribution is -2.04. The minimum atomic E-state index is 0.231. The van der Waals surface area contributed by atoms with Gasteiger partial charge in [0.25, 0.3) is 0 Å². The maximum atomic E-state index is 6.05. The number of nitrogens with zero attached hydrogens (tertiary/aromatic N) is 1. The summed E-state index contributed by atoms with van der Waals surface area (Å²) >= 11 is 0. The van der Waals surface area contributed by atoms with Gasteiger partial charge in [-0.1, -0.05) is 18.2 Å². The average molecular weight is 224 g/mol. The van der Waals surface area contributed by atoms with Crippen molar-refractivity contribution in [1.82, 2.24) is 4.98 Å². The molecule has 1 aliphatic carbocycles. The Morgan fingerprint density at radius 3 is 3.00 bits per heavy atom. The van der Waals surface area contributed by atoms with Crippen molar-refractivity contribution in [3.05, 3.63) is 53.3 Å². The van der Waals surface area contributed by atoms with Gasteiger partial charge in [0.15, 0.2) is 0 Å². The van der Waals surface area contributed by atoms with E-state index in [2.05, 4.69) is 30.1 Å². The SMILES string of the molecule is Cc1ccncc1-c1ccc2c(c1)CCC2N. The van der Waals surface area contributed by atoms with Crippen molar-refractivity contribution in [2.45, 2.75) is 25.8 Å². The summed E-state index contributed by atoms with van der Waals surface area (Å²) in [6.45, 7) is 2.12. The Hall–Kier alpha value is -1.67. The minimum absolute atomic E-state index is 0.231. The molecule has 2 nitrogen and oxygen atoms in total. The Morgan fingerprint density at radius 1 is 1.29 bits per heavy atom. The molecule has 3 rings (SSSR count). The van der Waals surface area contributed by atoms with Crippen LogP contribution in [0.1, 0.15) is 29.2 Å². The largest absolute Gasteiger partial charge is 0.324 e. The van der Waals surface area contributed by atoms with Crippen molar-refractivity contribution < 1.29 is 0 Å². The number of nitrogens with two attached hydrogens (primary N) is 1. The van der Waals surface area contributed by atoms with Crippen LogP contribution in [0.15, 0.2) is 36.7 Å². The van der Waals surface area contributed by atoms with Crippen LogP contribution < -0.4 is 5.73 Å². The van der Waals surface area contributed by atoms with Crippen molar-refractivity contribution in [2.24, 2.45) is 5.73 Å². The first-order valence-electron chi connectivity index (χ1n) is 6.05. The van der Waals surface area contributed by atoms with Gasteiger partial charge in [-0.2, -0.15) is 0 Å². The van der Waals surface area contributed by atoms with Crippen molar-refractivity contribution in [3.8, 4) is 11.1 Å². The van der Waals surface area contributed by atoms with Crippen LogP contribution in [0.25, 0.3) is 11.1 Å². The molecule has 0 fully saturated rings. The molecule has 17 heavy (non-hydrogen) atoms. The number of aromatic nitrogens is 1. The van der Waals surface area contributed by atoms with Gasteiger partial charge in [-0.05, 0) is 48.1 Å². The van der Waals surface area contributed by atoms with Crippen LogP contribution in [0.4, 0.5) is 0 Å². The number of hydrogen-bond donors (Lipinski definition) is 1. The molecule has 2 N–H and O–H groups in total. The molecule has 1 aromatic carbocycles. The zero-order valence-electron chi connectivity index (χ0n) is 9.98. The molecule has 86 valence electrons. The molecule has 2 heteroatoms. The van der Waals surface area contributed by atoms with Crippen LogP contribution in [-0.2, 0) is 6.42 Å². The second kappa shape index (κ2) is 3.97. The van der Waals surface area contributed by atoms with Gasteiger partial charge in [-0.25, -0.2) is 0 Å². The molecule has 0 bridgehead atoms. The lowest BCUT2D eigenvalue weighted by molar-refractivity contribution is 0.713. The van der Waals surface area contributed by atoms with E-state index in [1.807, 2.05) is 18.5 Å². The number of hydrogen-bond acceptors (Lipinski definition) is 2. The van der Waals surface area contributed by atoms with E-state index in [-0.39, 0.29) is 6.04 Å². The molecule has 1 unspecified atom stereocenters. The third kappa shape index (κ3) is 1.75. The predicted molar refractivity (Wildman–Crippen MR) is 69.7 cm³/mol. The van der Waals surface area contributed by atoms with Crippen molar-refractivity contribution in [1.29, 1.82) is 0 Å². The third-order valence-corrected chi connectivity index (χ3v) is 3.62. The van der Waals surface area contributed by atoms with Gasteiger partial charge < -0.3 is 5.73 Å². The first kappa shape index (κ1) is 10.5. The molecular weight excluding hydrogens is 208 g/mol. The topological polar surface area (TPSA) is 38.9 Å². The Labute approximate surface area is 102 Å². The number of aryl methyl sites for hydroxylation is 2. The van der Waals surface area contributed by atoms with Crippen LogP contribution in [0.2, 0.25) is 0 Å². The number of fused-ring (bicyclic) bond motifs is 1. The van der Waals surface area contributed by atoms with Gasteiger partial charge in [-0.3, -0.25) is 4.98 Å². The molecule has 2 aromatic rings. The first-order chi connectivity index (χ1) is 8.25. The lowest BCUT2D eigenvalue weighted by Gasteiger charge is -2.09. The molecule has 0 saturated carbocycles. The highest BCUT2D eigenvalue weighted by Crippen LogP contribution is 2.33. The van der Waals surface area contributed by atoms with E-state index in [0.29, 0.717) is 0 Å². The van der Waals surface area contributed by atoms with Crippen LogP contribution in [-0.4, -0.2) is 4.98 Å². The Balaban J connectivity index is 2.09. The third-order valence-electron chi connectivity index (χ3n) is 3.62. The second-order valence-electron chi connectivity index (χ2n) is 4.75. The van der Waals surface area contributed by atoms with Gasteiger partial charge in [0, 0.05) is 24.0 Å². The molecular formula is C15H16N2. The van der Waals surface area contributed by atoms with Gasteiger partial charge in [0.2, 0.25) is 0 Å². The highest BCUT2D eigenvalue weighted by Gasteiger charge is 2.19. The fraction of sp³-hybridized carbons (Fsp3) is 0.267. The molecule has 0 aliphatic heterocycles. The summed E-state index contributed by atoms with van der Waals surface area (Å²) < 4.78 is 0. The fourth-order valence-corrected chi connectivity index (χ4v) is 2.58. The molecule has 1 aromatic heterocycles. The number of benzene rings is 1. The summed E-state index contributed by atoms with van der Waals surface area (Å²) in [5, 5.41) is 0. The predicted octanol–water partition coefficient (Wildman–Crippen LogP) is 3.00. The van der Waals surface area contributed by atoms with Crippen LogP contribution in [0, 0.1) is 6.92 Å². The zero-order chi connectivity index (χ0) is 11.8. The maximum absolute atomic E-state index is 6.05. The van der Waals surface area contributed by atoms with Crippen LogP contribution in [0.3, 0.4) is 0 Å². The van der Waals surface area contributed by atoms with Crippen LogP contribution in [0.5, 0.6) is 0 Å². The maximum Gasteiger partial charge on any atom is 0.0349 e. The zero-order valence-corrected chi connectivity index (χ0v) is 9.98. The van der Waals surface area contributed by atoms with Crippen molar-refractivity contribution in [3.63, 3.8) is 0 Å². The van der Waals surface area contributed by atoms with Crippen molar-refractivity contribution >= 4 is 0 Å². The van der Waals surface area contributed by atoms with E-state index in [9.17, 15) is 0 Å². The molecule has 0 spiro atoms. The van der Waals surface area contributed by atoms with E-state index in [1.165, 1.54) is 27.8 Å². The van der Waals surface area contributed by atoms with Gasteiger partial charge in [0.1, 0.15) is 0 Å². The normalized spacial score (nSPS) is 18.1. The van der Waals surface area contributed by atoms with E-state index in [0.717, 1.165) is 12.8 Å². The summed E-state index contributed by atoms with van der Waals surface area (Å²) in [7, 11) is 0. The number of pyridine rings is 1. The highest BCUT2D eigenvalue weighted by atomic mass is 14.6. The van der Waals surface area contributed by atoms with E-state index >= 15 is 0 Å². The van der Waals surface area contributed by atoms with E-state index in [1.54, 1.807) is 0 Å². The summed E-state index contributed by atoms with van der Waals surface area (Å²) in [5.74, 6) is 0. The molecule has 1 heterocycles. The average Bonchev–Trinajstić information content (AvgIpc) is 2.71. The fourth-order valence-electron chi connectivity index (χ4n) is 2.58. The molecule has 0 amide bonds. The number of rotatable bonds is 1. The van der Waals surface area contributed by atoms with Crippen LogP contribution >= 0.6 is 0 Å². The smallest absolute Gasteiger partial charge is 0.0349 e. The Morgan fingerprint density at radius 2 is 2.18 bits per heavy atom. The monoisotopic (exact) mass is 224 g/mol. The standard InChI is InChI=1S/C15H16N2/c1-10-6-7-17-9-14(10)12-2-4-13-11(8-12)3-5-15(13)16/h2,4,6-9,15H,3,5,16H2,1H3. The molecule has 1 aliphatic rings. The Kier molecular flexibility index (Phi) is 2.45. The molecule has 0 radical (unpaired) electrons.